The van der Waals surface area contributed by atoms with Crippen molar-refractivity contribution in [1.29, 1.82) is 0 Å². The van der Waals surface area contributed by atoms with E-state index in [1.807, 2.05) is 0 Å². The van der Waals surface area contributed by atoms with Crippen LogP contribution in [0.2, 0.25) is 0 Å². The van der Waals surface area contributed by atoms with Gasteiger partial charge in [-0.3, -0.25) is 4.79 Å². The van der Waals surface area contributed by atoms with Gasteiger partial charge < -0.3 is 9.47 Å². The van der Waals surface area contributed by atoms with Gasteiger partial charge in [-0.1, -0.05) is 12.1 Å². The van der Waals surface area contributed by atoms with Crippen LogP contribution in [-0.4, -0.2) is 24.0 Å². The zero-order chi connectivity index (χ0) is 11.7. The first-order chi connectivity index (χ1) is 7.59. The van der Waals surface area contributed by atoms with Crippen molar-refractivity contribution in [3.8, 4) is 5.75 Å². The summed E-state index contributed by atoms with van der Waals surface area (Å²) in [5.74, 6) is -0.518. The van der Waals surface area contributed by atoms with Gasteiger partial charge in [0.25, 0.3) is 6.10 Å². The van der Waals surface area contributed by atoms with Gasteiger partial charge in [-0.05, 0) is 26.0 Å². The summed E-state index contributed by atoms with van der Waals surface area (Å²) in [4.78, 5) is 23.4. The van der Waals surface area contributed by atoms with E-state index in [-0.39, 0.29) is 11.9 Å². The van der Waals surface area contributed by atoms with Crippen molar-refractivity contribution in [3.63, 3.8) is 0 Å². The number of ketones is 1. The highest BCUT2D eigenvalue weighted by Gasteiger charge is 2.39. The fourth-order valence-corrected chi connectivity index (χ4v) is 1.54. The summed E-state index contributed by atoms with van der Waals surface area (Å²) in [5.41, 5.74) is 0.438. The fraction of sp³-hybridized carbons (Fsp3) is 0.333. The largest absolute Gasteiger partial charge is 0.470 e. The molecule has 0 spiro atoms. The molecule has 1 aliphatic heterocycles. The van der Waals surface area contributed by atoms with E-state index in [0.29, 0.717) is 11.3 Å². The highest BCUT2D eigenvalue weighted by atomic mass is 16.6. The smallest absolute Gasteiger partial charge is 0.355 e. The lowest BCUT2D eigenvalue weighted by molar-refractivity contribution is -0.152. The molecule has 1 aliphatic rings. The van der Waals surface area contributed by atoms with E-state index in [4.69, 9.17) is 9.47 Å². The number of hydrogen-bond acceptors (Lipinski definition) is 4. The molecule has 0 saturated heterocycles. The van der Waals surface area contributed by atoms with Crippen LogP contribution >= 0.6 is 0 Å². The van der Waals surface area contributed by atoms with Crippen molar-refractivity contribution >= 4 is 11.8 Å². The van der Waals surface area contributed by atoms with Crippen LogP contribution in [0.15, 0.2) is 24.3 Å². The molecule has 1 unspecified atom stereocenters. The Morgan fingerprint density at radius 1 is 1.38 bits per heavy atom. The molecular weight excluding hydrogens is 208 g/mol. The third-order valence-corrected chi connectivity index (χ3v) is 2.20. The van der Waals surface area contributed by atoms with Crippen molar-refractivity contribution in [1.82, 2.24) is 0 Å². The minimum atomic E-state index is -1.14. The van der Waals surface area contributed by atoms with Crippen molar-refractivity contribution in [3.05, 3.63) is 29.8 Å². The van der Waals surface area contributed by atoms with Gasteiger partial charge in [-0.25, -0.2) is 4.79 Å². The topological polar surface area (TPSA) is 52.6 Å². The van der Waals surface area contributed by atoms with E-state index < -0.39 is 12.1 Å². The number of ether oxygens (including phenoxy) is 2. The van der Waals surface area contributed by atoms with Crippen LogP contribution in [0.5, 0.6) is 5.75 Å². The number of Topliss-reactive ketones (excluding diaryl/α,β-unsaturated/α-hetero) is 1. The molecule has 0 aliphatic carbocycles. The fourth-order valence-electron chi connectivity index (χ4n) is 1.54. The second kappa shape index (κ2) is 3.96. The molecule has 0 radical (unpaired) electrons. The number of benzene rings is 1. The maximum absolute atomic E-state index is 11.8. The van der Waals surface area contributed by atoms with E-state index in [1.165, 1.54) is 0 Å². The lowest BCUT2D eigenvalue weighted by Gasteiger charge is -2.11. The zero-order valence-electron chi connectivity index (χ0n) is 9.10. The molecule has 4 heteroatoms. The van der Waals surface area contributed by atoms with E-state index in [9.17, 15) is 9.59 Å². The number of hydrogen-bond donors (Lipinski definition) is 0. The van der Waals surface area contributed by atoms with E-state index in [1.54, 1.807) is 38.1 Å². The molecule has 0 aromatic heterocycles. The molecule has 2 rings (SSSR count). The van der Waals surface area contributed by atoms with Gasteiger partial charge in [-0.15, -0.1) is 0 Å². The van der Waals surface area contributed by atoms with Crippen LogP contribution in [0.25, 0.3) is 0 Å². The number of para-hydroxylation sites is 1. The Morgan fingerprint density at radius 3 is 2.69 bits per heavy atom. The second-order valence-electron chi connectivity index (χ2n) is 3.84. The van der Waals surface area contributed by atoms with Gasteiger partial charge in [0.15, 0.2) is 0 Å². The Morgan fingerprint density at radius 2 is 2.06 bits per heavy atom. The third kappa shape index (κ3) is 1.78. The van der Waals surface area contributed by atoms with Gasteiger partial charge in [0.1, 0.15) is 5.75 Å². The van der Waals surface area contributed by atoms with Gasteiger partial charge in [0.2, 0.25) is 5.78 Å². The van der Waals surface area contributed by atoms with Gasteiger partial charge in [0.05, 0.1) is 11.7 Å². The standard InChI is InChI=1S/C12H12O4/c1-7(2)15-12(14)11-10(13)8-5-3-4-6-9(8)16-11/h3-7,11H,1-2H3. The molecule has 1 heterocycles. The summed E-state index contributed by atoms with van der Waals surface area (Å²) in [6, 6.07) is 6.79. The normalized spacial score (nSPS) is 18.2. The van der Waals surface area contributed by atoms with Crippen LogP contribution in [-0.2, 0) is 9.53 Å². The molecule has 1 atom stereocenters. The Kier molecular flexibility index (Phi) is 2.64. The first kappa shape index (κ1) is 10.7. The molecule has 1 aromatic rings. The van der Waals surface area contributed by atoms with E-state index in [2.05, 4.69) is 0 Å². The van der Waals surface area contributed by atoms with Crippen molar-refractivity contribution in [2.75, 3.05) is 0 Å². The third-order valence-electron chi connectivity index (χ3n) is 2.20. The van der Waals surface area contributed by atoms with Crippen LogP contribution in [0.3, 0.4) is 0 Å². The van der Waals surface area contributed by atoms with Crippen LogP contribution < -0.4 is 4.74 Å². The van der Waals surface area contributed by atoms with Crippen molar-refractivity contribution in [2.24, 2.45) is 0 Å². The zero-order valence-corrected chi connectivity index (χ0v) is 9.10. The van der Waals surface area contributed by atoms with E-state index >= 15 is 0 Å². The summed E-state index contributed by atoms with van der Waals surface area (Å²) < 4.78 is 10.2. The minimum Gasteiger partial charge on any atom is -0.470 e. The summed E-state index contributed by atoms with van der Waals surface area (Å²) >= 11 is 0. The lowest BCUT2D eigenvalue weighted by atomic mass is 10.1. The van der Waals surface area contributed by atoms with Gasteiger partial charge in [0, 0.05) is 0 Å². The number of esters is 1. The van der Waals surface area contributed by atoms with Gasteiger partial charge >= 0.3 is 5.97 Å². The summed E-state index contributed by atoms with van der Waals surface area (Å²) in [6.07, 6.45) is -1.40. The van der Waals surface area contributed by atoms with Gasteiger partial charge in [-0.2, -0.15) is 0 Å². The highest BCUT2D eigenvalue weighted by Crippen LogP contribution is 2.28. The lowest BCUT2D eigenvalue weighted by Crippen LogP contribution is -2.34. The Bertz CT molecular complexity index is 436. The van der Waals surface area contributed by atoms with E-state index in [0.717, 1.165) is 0 Å². The molecule has 4 nitrogen and oxygen atoms in total. The van der Waals surface area contributed by atoms with Crippen LogP contribution in [0, 0.1) is 0 Å². The monoisotopic (exact) mass is 220 g/mol. The summed E-state index contributed by atoms with van der Waals surface area (Å²) in [6.45, 7) is 3.45. The highest BCUT2D eigenvalue weighted by molar-refractivity contribution is 6.15. The summed E-state index contributed by atoms with van der Waals surface area (Å²) in [5, 5.41) is 0. The molecule has 16 heavy (non-hydrogen) atoms. The van der Waals surface area contributed by atoms with Crippen LogP contribution in [0.4, 0.5) is 0 Å². The SMILES string of the molecule is CC(C)OC(=O)C1Oc2ccccc2C1=O. The quantitative estimate of drug-likeness (QED) is 0.561. The predicted molar refractivity (Wildman–Crippen MR) is 56.4 cm³/mol. The van der Waals surface area contributed by atoms with Crippen molar-refractivity contribution in [2.45, 2.75) is 26.1 Å². The van der Waals surface area contributed by atoms with Crippen LogP contribution in [0.1, 0.15) is 24.2 Å². The predicted octanol–water partition coefficient (Wildman–Crippen LogP) is 1.58. The molecule has 0 bridgehead atoms. The molecule has 0 N–H and O–H groups in total. The average molecular weight is 220 g/mol. The second-order valence-corrected chi connectivity index (χ2v) is 3.84. The number of fused-ring (bicyclic) bond motifs is 1. The molecule has 84 valence electrons. The maximum atomic E-state index is 11.8. The number of rotatable bonds is 2. The Labute approximate surface area is 93.2 Å². The number of carbonyl (C=O) groups is 2. The molecule has 1 aromatic carbocycles. The minimum absolute atomic E-state index is 0.257. The first-order valence-corrected chi connectivity index (χ1v) is 5.10. The first-order valence-electron chi connectivity index (χ1n) is 5.10. The molecule has 0 amide bonds. The molecular formula is C12H12O4. The maximum Gasteiger partial charge on any atom is 0.355 e. The number of carbonyl (C=O) groups excluding carboxylic acids is 2. The van der Waals surface area contributed by atoms with Crippen molar-refractivity contribution < 1.29 is 19.1 Å². The average Bonchev–Trinajstić information content (AvgIpc) is 2.56. The Hall–Kier alpha value is -1.84. The summed E-state index contributed by atoms with van der Waals surface area (Å²) in [7, 11) is 0. The Balaban J connectivity index is 2.19. The molecule has 0 saturated carbocycles. The molecule has 0 fully saturated rings.